The minimum Gasteiger partial charge on any atom is -0.493 e. The minimum atomic E-state index is -0.340. The highest BCUT2D eigenvalue weighted by molar-refractivity contribution is 8.00. The van der Waals surface area contributed by atoms with Gasteiger partial charge in [-0.2, -0.15) is 0 Å². The molecule has 9 heteroatoms. The Bertz CT molecular complexity index is 709. The van der Waals surface area contributed by atoms with E-state index < -0.39 is 0 Å². The van der Waals surface area contributed by atoms with Crippen LogP contribution in [0.25, 0.3) is 11.5 Å². The fourth-order valence-electron chi connectivity index (χ4n) is 2.10. The molecule has 0 aliphatic heterocycles. The van der Waals surface area contributed by atoms with Gasteiger partial charge in [0.2, 0.25) is 17.5 Å². The van der Waals surface area contributed by atoms with Crippen molar-refractivity contribution in [2.24, 2.45) is 0 Å². The van der Waals surface area contributed by atoms with Crippen LogP contribution < -0.4 is 19.5 Å². The quantitative estimate of drug-likeness (QED) is 0.711. The molecule has 0 radical (unpaired) electrons. The van der Waals surface area contributed by atoms with E-state index in [1.807, 2.05) is 6.92 Å². The first-order chi connectivity index (χ1) is 12.0. The summed E-state index contributed by atoms with van der Waals surface area (Å²) < 4.78 is 21.6. The molecule has 0 unspecified atom stereocenters. The molecule has 1 amide bonds. The van der Waals surface area contributed by atoms with Gasteiger partial charge in [-0.15, -0.1) is 10.2 Å². The summed E-state index contributed by atoms with van der Waals surface area (Å²) in [7, 11) is 4.60. The van der Waals surface area contributed by atoms with E-state index in [-0.39, 0.29) is 11.2 Å². The van der Waals surface area contributed by atoms with E-state index in [2.05, 4.69) is 15.5 Å². The normalized spacial score (nSPS) is 11.7. The van der Waals surface area contributed by atoms with Crippen LogP contribution in [0.3, 0.4) is 0 Å². The smallest absolute Gasteiger partial charge is 0.277 e. The van der Waals surface area contributed by atoms with Crippen LogP contribution in [0.4, 0.5) is 0 Å². The predicted octanol–water partition coefficient (Wildman–Crippen LogP) is 2.38. The molecule has 2 aromatic rings. The van der Waals surface area contributed by atoms with Crippen LogP contribution in [-0.2, 0) is 4.79 Å². The lowest BCUT2D eigenvalue weighted by atomic mass is 10.2. The molecule has 0 aliphatic carbocycles. The van der Waals surface area contributed by atoms with Crippen LogP contribution >= 0.6 is 11.8 Å². The third kappa shape index (κ3) is 4.36. The van der Waals surface area contributed by atoms with Gasteiger partial charge in [0.05, 0.1) is 26.6 Å². The number of carbonyl (C=O) groups excluding carboxylic acids is 1. The monoisotopic (exact) mass is 367 g/mol. The number of hydrogen-bond donors (Lipinski definition) is 1. The lowest BCUT2D eigenvalue weighted by Crippen LogP contribution is -2.30. The number of aromatic nitrogens is 2. The number of nitrogens with one attached hydrogen (secondary N) is 1. The lowest BCUT2D eigenvalue weighted by Gasteiger charge is -2.12. The van der Waals surface area contributed by atoms with E-state index in [9.17, 15) is 4.79 Å². The number of carbonyl (C=O) groups is 1. The van der Waals surface area contributed by atoms with E-state index in [1.54, 1.807) is 19.1 Å². The summed E-state index contributed by atoms with van der Waals surface area (Å²) in [6.45, 7) is 4.22. The first-order valence-electron chi connectivity index (χ1n) is 7.62. The van der Waals surface area contributed by atoms with E-state index in [1.165, 1.54) is 33.1 Å². The number of nitrogens with zero attached hydrogens (tertiary/aromatic N) is 2. The third-order valence-corrected chi connectivity index (χ3v) is 4.25. The first kappa shape index (κ1) is 18.9. The van der Waals surface area contributed by atoms with Crippen LogP contribution in [0, 0.1) is 0 Å². The van der Waals surface area contributed by atoms with Crippen molar-refractivity contribution in [1.29, 1.82) is 0 Å². The average Bonchev–Trinajstić information content (AvgIpc) is 3.08. The Morgan fingerprint density at radius 1 is 1.20 bits per heavy atom. The van der Waals surface area contributed by atoms with E-state index in [0.717, 1.165) is 0 Å². The summed E-state index contributed by atoms with van der Waals surface area (Å²) in [5, 5.41) is 10.7. The van der Waals surface area contributed by atoms with Crippen LogP contribution in [-0.4, -0.2) is 49.2 Å². The van der Waals surface area contributed by atoms with Crippen LogP contribution in [0.2, 0.25) is 0 Å². The topological polar surface area (TPSA) is 95.7 Å². The molecule has 8 nitrogen and oxygen atoms in total. The summed E-state index contributed by atoms with van der Waals surface area (Å²) in [6.07, 6.45) is 0. The minimum absolute atomic E-state index is 0.0833. The standard InChI is InChI=1S/C16H21N3O5S/c1-6-17-14(20)9(2)25-16-19-18-15(24-16)10-7-11(21-3)13(23-5)12(8-10)22-4/h7-9H,6H2,1-5H3,(H,17,20)/t9-/m0/s1. The highest BCUT2D eigenvalue weighted by atomic mass is 32.2. The van der Waals surface area contributed by atoms with Gasteiger partial charge in [-0.05, 0) is 26.0 Å². The zero-order valence-electron chi connectivity index (χ0n) is 14.8. The Balaban J connectivity index is 2.26. The molecule has 25 heavy (non-hydrogen) atoms. The summed E-state index contributed by atoms with van der Waals surface area (Å²) in [4.78, 5) is 11.8. The first-order valence-corrected chi connectivity index (χ1v) is 8.50. The van der Waals surface area contributed by atoms with Crippen molar-refractivity contribution in [2.45, 2.75) is 24.3 Å². The van der Waals surface area contributed by atoms with Gasteiger partial charge < -0.3 is 23.9 Å². The molecule has 2 rings (SSSR count). The molecule has 0 saturated heterocycles. The molecule has 1 aromatic carbocycles. The number of amides is 1. The molecule has 1 heterocycles. The van der Waals surface area contributed by atoms with E-state index >= 15 is 0 Å². The Morgan fingerprint density at radius 3 is 2.36 bits per heavy atom. The van der Waals surface area contributed by atoms with E-state index in [0.29, 0.717) is 40.5 Å². The van der Waals surface area contributed by atoms with Gasteiger partial charge in [0, 0.05) is 12.1 Å². The van der Waals surface area contributed by atoms with Crippen molar-refractivity contribution < 1.29 is 23.4 Å². The highest BCUT2D eigenvalue weighted by Crippen LogP contribution is 2.41. The molecule has 0 spiro atoms. The van der Waals surface area contributed by atoms with Crippen molar-refractivity contribution in [3.8, 4) is 28.7 Å². The summed E-state index contributed by atoms with van der Waals surface area (Å²) in [5.74, 6) is 1.66. The molecule has 1 aromatic heterocycles. The third-order valence-electron chi connectivity index (χ3n) is 3.32. The Labute approximate surface area is 150 Å². The molecule has 136 valence electrons. The number of thioether (sulfide) groups is 1. The Hall–Kier alpha value is -2.42. The molecular weight excluding hydrogens is 346 g/mol. The van der Waals surface area contributed by atoms with Crippen LogP contribution in [0.5, 0.6) is 17.2 Å². The number of hydrogen-bond acceptors (Lipinski definition) is 8. The van der Waals surface area contributed by atoms with Crippen molar-refractivity contribution in [3.05, 3.63) is 12.1 Å². The number of rotatable bonds is 8. The van der Waals surface area contributed by atoms with Gasteiger partial charge >= 0.3 is 0 Å². The fourth-order valence-corrected chi connectivity index (χ4v) is 2.81. The largest absolute Gasteiger partial charge is 0.493 e. The maximum absolute atomic E-state index is 11.8. The Morgan fingerprint density at radius 2 is 1.84 bits per heavy atom. The summed E-state index contributed by atoms with van der Waals surface area (Å²) >= 11 is 1.20. The molecule has 0 saturated carbocycles. The van der Waals surface area contributed by atoms with Gasteiger partial charge in [0.1, 0.15) is 0 Å². The molecule has 0 aliphatic rings. The number of methoxy groups -OCH3 is 3. The zero-order valence-corrected chi connectivity index (χ0v) is 15.6. The van der Waals surface area contributed by atoms with Crippen LogP contribution in [0.1, 0.15) is 13.8 Å². The second-order valence-electron chi connectivity index (χ2n) is 4.94. The Kier molecular flexibility index (Phi) is 6.51. The molecule has 0 bridgehead atoms. The van der Waals surface area contributed by atoms with Gasteiger partial charge in [-0.25, -0.2) is 0 Å². The van der Waals surface area contributed by atoms with Crippen molar-refractivity contribution >= 4 is 17.7 Å². The maximum Gasteiger partial charge on any atom is 0.277 e. The summed E-state index contributed by atoms with van der Waals surface area (Å²) in [5.41, 5.74) is 0.625. The SMILES string of the molecule is CCNC(=O)[C@H](C)Sc1nnc(-c2cc(OC)c(OC)c(OC)c2)o1. The summed E-state index contributed by atoms with van der Waals surface area (Å²) in [6, 6.07) is 3.44. The fraction of sp³-hybridized carbons (Fsp3) is 0.438. The predicted molar refractivity (Wildman–Crippen MR) is 93.4 cm³/mol. The number of ether oxygens (including phenoxy) is 3. The second-order valence-corrected chi connectivity index (χ2v) is 6.23. The van der Waals surface area contributed by atoms with Crippen molar-refractivity contribution in [2.75, 3.05) is 27.9 Å². The number of benzene rings is 1. The van der Waals surface area contributed by atoms with Crippen LogP contribution in [0.15, 0.2) is 21.8 Å². The van der Waals surface area contributed by atoms with Gasteiger partial charge in [-0.1, -0.05) is 11.8 Å². The molecule has 1 N–H and O–H groups in total. The molecule has 1 atom stereocenters. The van der Waals surface area contributed by atoms with Gasteiger partial charge in [0.25, 0.3) is 5.22 Å². The van der Waals surface area contributed by atoms with Gasteiger partial charge in [0.15, 0.2) is 11.5 Å². The highest BCUT2D eigenvalue weighted by Gasteiger charge is 2.20. The van der Waals surface area contributed by atoms with Gasteiger partial charge in [-0.3, -0.25) is 4.79 Å². The van der Waals surface area contributed by atoms with Crippen molar-refractivity contribution in [1.82, 2.24) is 15.5 Å². The second kappa shape index (κ2) is 8.61. The van der Waals surface area contributed by atoms with Crippen molar-refractivity contribution in [3.63, 3.8) is 0 Å². The zero-order chi connectivity index (χ0) is 18.4. The van der Waals surface area contributed by atoms with E-state index in [4.69, 9.17) is 18.6 Å². The average molecular weight is 367 g/mol. The molecular formula is C16H21N3O5S. The maximum atomic E-state index is 11.8. The molecule has 0 fully saturated rings. The lowest BCUT2D eigenvalue weighted by molar-refractivity contribution is -0.120.